The van der Waals surface area contributed by atoms with Crippen molar-refractivity contribution in [2.75, 3.05) is 31.3 Å². The Kier molecular flexibility index (Phi) is 12.0. The first-order valence-corrected chi connectivity index (χ1v) is 20.4. The number of aliphatic hydroxyl groups excluding tert-OH is 1. The third kappa shape index (κ3) is 8.63. The number of nitrogens with two attached hydrogens (primary N) is 2. The van der Waals surface area contributed by atoms with E-state index in [0.717, 1.165) is 0 Å². The van der Waals surface area contributed by atoms with Gasteiger partial charge in [0.25, 0.3) is 30.3 Å². The molecule has 10 atom stereocenters. The lowest BCUT2D eigenvalue weighted by Crippen LogP contribution is -2.43. The average molecular weight is 874 g/mol. The van der Waals surface area contributed by atoms with E-state index in [2.05, 4.69) is 35.0 Å². The molecule has 8 N–H and O–H groups in total. The maximum atomic E-state index is 16.2. The summed E-state index contributed by atoms with van der Waals surface area (Å²) in [6.45, 7) is 12.2. The van der Waals surface area contributed by atoms with Crippen LogP contribution >= 0.6 is 7.52 Å². The molecule has 0 amide bonds. The molecule has 0 saturated carbocycles. The number of aromatic nitrogens is 8. The summed E-state index contributed by atoms with van der Waals surface area (Å²) in [6.07, 6.45) is -3.42. The van der Waals surface area contributed by atoms with E-state index in [-0.39, 0.29) is 52.3 Å². The average Bonchev–Trinajstić information content (AvgIpc) is 3.97. The highest BCUT2D eigenvalue weighted by molar-refractivity contribution is 7.56. The molecule has 60 heavy (non-hydrogen) atoms. The third-order valence-electron chi connectivity index (χ3n) is 9.91. The van der Waals surface area contributed by atoms with Crippen molar-refractivity contribution < 1.29 is 61.0 Å². The number of hydrogen-bond acceptors (Lipinski definition) is 19. The van der Waals surface area contributed by atoms with Crippen molar-refractivity contribution in [1.29, 1.82) is 0 Å². The first kappa shape index (κ1) is 44.9. The van der Waals surface area contributed by atoms with Crippen LogP contribution in [0.1, 0.15) is 60.9 Å². The summed E-state index contributed by atoms with van der Waals surface area (Å²) in [6, 6.07) is -0.113. The van der Waals surface area contributed by atoms with E-state index in [9.17, 15) is 23.7 Å². The fraction of sp³-hybridized carbons (Fsp3) is 0.667. The number of fused-ring (bicyclic) bond motifs is 4. The summed E-state index contributed by atoms with van der Waals surface area (Å²) in [5.74, 6) is -7.16. The second-order valence-corrected chi connectivity index (χ2v) is 17.9. The van der Waals surface area contributed by atoms with E-state index in [1.54, 1.807) is 27.7 Å². The number of hydrogen-bond donors (Lipinski definition) is 6. The Morgan fingerprint density at radius 2 is 1.27 bits per heavy atom. The SMILES string of the molecule is CC(C)[C@@H](C)NP(C)(=O)OC[C@@]1(F)O[C@@H](n2cnc3c(=O)[nH]c(N)nc32)[C@H]2OC(C)(C)OC21.CC1(C)OC2[C@H](O1)[C@H](n1cnc3c(=O)[nH]c(N)nc31)O[C@]2(F)CO.O=C=O. The van der Waals surface area contributed by atoms with Crippen LogP contribution in [0, 0.1) is 5.92 Å². The number of nitrogens with one attached hydrogen (secondary N) is 3. The summed E-state index contributed by atoms with van der Waals surface area (Å²) in [5.41, 5.74) is 10.4. The quantitative estimate of drug-likeness (QED) is 0.126. The molecule has 0 radical (unpaired) electrons. The summed E-state index contributed by atoms with van der Waals surface area (Å²) in [5, 5.41) is 12.3. The molecule has 0 bridgehead atoms. The number of H-pyrrole nitrogens is 2. The van der Waals surface area contributed by atoms with Crippen molar-refractivity contribution in [2.45, 2.75) is 115 Å². The number of alkyl halides is 2. The van der Waals surface area contributed by atoms with E-state index in [4.69, 9.17) is 54.0 Å². The minimum Gasteiger partial charge on any atom is -0.390 e. The zero-order valence-corrected chi connectivity index (χ0v) is 34.5. The lowest BCUT2D eigenvalue weighted by Gasteiger charge is -2.30. The fourth-order valence-electron chi connectivity index (χ4n) is 7.03. The van der Waals surface area contributed by atoms with Gasteiger partial charge in [-0.25, -0.2) is 23.8 Å². The first-order chi connectivity index (χ1) is 27.9. The van der Waals surface area contributed by atoms with Gasteiger partial charge in [-0.05, 0) is 40.5 Å². The van der Waals surface area contributed by atoms with Crippen molar-refractivity contribution in [3.8, 4) is 0 Å². The Morgan fingerprint density at radius 3 is 1.68 bits per heavy atom. The second-order valence-electron chi connectivity index (χ2n) is 15.7. The van der Waals surface area contributed by atoms with E-state index in [1.165, 1.54) is 28.5 Å². The van der Waals surface area contributed by atoms with Crippen molar-refractivity contribution in [3.63, 3.8) is 0 Å². The summed E-state index contributed by atoms with van der Waals surface area (Å²) in [7, 11) is -3.36. The normalized spacial score (nSPS) is 31.5. The van der Waals surface area contributed by atoms with Crippen LogP contribution in [0.3, 0.4) is 0 Å². The van der Waals surface area contributed by atoms with Gasteiger partial charge in [-0.1, -0.05) is 13.8 Å². The first-order valence-electron chi connectivity index (χ1n) is 18.4. The molecule has 8 rings (SSSR count). The topological polar surface area (TPSA) is 327 Å². The summed E-state index contributed by atoms with van der Waals surface area (Å²) < 4.78 is 86.3. The third-order valence-corrected chi connectivity index (χ3v) is 11.4. The Morgan fingerprint density at radius 1 is 0.850 bits per heavy atom. The molecule has 27 heteroatoms. The van der Waals surface area contributed by atoms with Crippen molar-refractivity contribution >= 4 is 47.9 Å². The highest BCUT2D eigenvalue weighted by Crippen LogP contribution is 2.52. The van der Waals surface area contributed by atoms with Gasteiger partial charge in [0.05, 0.1) is 12.7 Å². The zero-order valence-electron chi connectivity index (χ0n) is 33.6. The monoisotopic (exact) mass is 873 g/mol. The van der Waals surface area contributed by atoms with Crippen LogP contribution < -0.4 is 27.7 Å². The van der Waals surface area contributed by atoms with Gasteiger partial charge in [0.2, 0.25) is 11.9 Å². The molecule has 3 unspecified atom stereocenters. The zero-order chi connectivity index (χ0) is 44.3. The van der Waals surface area contributed by atoms with Crippen LogP contribution in [0.5, 0.6) is 0 Å². The fourth-order valence-corrected chi connectivity index (χ4v) is 8.57. The highest BCUT2D eigenvalue weighted by Gasteiger charge is 2.66. The summed E-state index contributed by atoms with van der Waals surface area (Å²) in [4.78, 5) is 61.1. The molecule has 330 valence electrons. The Bertz CT molecular complexity index is 2440. The van der Waals surface area contributed by atoms with Crippen LogP contribution in [0.15, 0.2) is 22.2 Å². The number of nitrogen functional groups attached to an aromatic ring is 2. The second kappa shape index (κ2) is 16.0. The molecule has 4 fully saturated rings. The number of anilines is 2. The Balaban J connectivity index is 0.000000197. The van der Waals surface area contributed by atoms with E-state index < -0.39 is 92.0 Å². The van der Waals surface area contributed by atoms with Gasteiger partial charge in [0.1, 0.15) is 25.4 Å². The van der Waals surface area contributed by atoms with Gasteiger partial charge < -0.3 is 49.5 Å². The number of aliphatic hydroxyl groups is 1. The predicted molar refractivity (Wildman–Crippen MR) is 200 cm³/mol. The molecular formula is C33H46F2N11O13P. The van der Waals surface area contributed by atoms with Crippen LogP contribution in [-0.2, 0) is 47.1 Å². The molecule has 4 aliphatic rings. The molecule has 4 aromatic heterocycles. The van der Waals surface area contributed by atoms with E-state index in [0.29, 0.717) is 0 Å². The van der Waals surface area contributed by atoms with Gasteiger partial charge in [0.15, 0.2) is 58.6 Å². The Labute approximate surface area is 338 Å². The lowest BCUT2D eigenvalue weighted by atomic mass is 10.1. The molecule has 0 spiro atoms. The minimum absolute atomic E-state index is 0.0139. The van der Waals surface area contributed by atoms with Crippen molar-refractivity contribution in [3.05, 3.63) is 33.4 Å². The molecule has 4 aromatic rings. The maximum absolute atomic E-state index is 16.2. The smallest absolute Gasteiger partial charge is 0.373 e. The number of rotatable bonds is 9. The molecule has 4 saturated heterocycles. The minimum atomic E-state index is -3.36. The number of ether oxygens (including phenoxy) is 6. The van der Waals surface area contributed by atoms with Crippen molar-refractivity contribution in [2.24, 2.45) is 5.92 Å². The molecule has 4 aliphatic heterocycles. The molecular weight excluding hydrogens is 827 g/mol. The molecule has 0 aromatic carbocycles. The van der Waals surface area contributed by atoms with E-state index in [1.807, 2.05) is 20.8 Å². The number of nitrogens with zero attached hydrogens (tertiary/aromatic N) is 6. The van der Waals surface area contributed by atoms with Crippen LogP contribution in [0.2, 0.25) is 0 Å². The molecule has 8 heterocycles. The van der Waals surface area contributed by atoms with Crippen LogP contribution in [0.25, 0.3) is 22.3 Å². The van der Waals surface area contributed by atoms with Gasteiger partial charge in [-0.15, -0.1) is 0 Å². The lowest BCUT2D eigenvalue weighted by molar-refractivity contribution is -0.264. The van der Waals surface area contributed by atoms with Gasteiger partial charge in [-0.3, -0.25) is 33.3 Å². The van der Waals surface area contributed by atoms with Gasteiger partial charge in [0, 0.05) is 12.7 Å². The Hall–Kier alpha value is -4.59. The predicted octanol–water partition coefficient (Wildman–Crippen LogP) is 0.715. The number of carbonyl (C=O) groups excluding carboxylic acids is 2. The number of imidazole rings is 2. The molecule has 0 aliphatic carbocycles. The highest BCUT2D eigenvalue weighted by atomic mass is 31.2. The standard InChI is InChI=1S/C19H30FN6O6P.C13H16FN5O5.CO2/c1-9(2)10(3)25-33(6,28)29-7-19(20)13-12(30-18(4,5)31-13)16(32-19)26-8-22-11-14(26)23-17(21)24-15(11)27;1-12(2)22-6-7(23-12)13(14,3-20)24-10(6)19-4-16-5-8(19)17-11(15)18-9(5)21;2-1-3/h8-10,12-13,16H,7H2,1-6H3,(H,25,28)(H3,21,23,24,27);4,6-7,10,20H,3H2,1-2H3,(H3,15,17,18,21);/t10-,12+,13?,16-,19-,33?;6-,7?,10+,13+;/m10./s1. The number of halogens is 2. The summed E-state index contributed by atoms with van der Waals surface area (Å²) >= 11 is 0. The molecule has 24 nitrogen and oxygen atoms in total. The van der Waals surface area contributed by atoms with E-state index >= 15 is 4.39 Å². The largest absolute Gasteiger partial charge is 0.390 e. The van der Waals surface area contributed by atoms with Gasteiger partial charge in [-0.2, -0.15) is 19.6 Å². The maximum Gasteiger partial charge on any atom is 0.373 e. The van der Waals surface area contributed by atoms with Gasteiger partial charge >= 0.3 is 6.15 Å². The van der Waals surface area contributed by atoms with Crippen LogP contribution in [-0.4, -0.2) is 124 Å². The van der Waals surface area contributed by atoms with Crippen molar-refractivity contribution in [1.82, 2.24) is 44.1 Å². The number of aromatic amines is 2. The van der Waals surface area contributed by atoms with Crippen LogP contribution in [0.4, 0.5) is 20.7 Å².